The first-order chi connectivity index (χ1) is 8.66. The summed E-state index contributed by atoms with van der Waals surface area (Å²) in [4.78, 5) is 11.4. The molecule has 0 fully saturated rings. The highest BCUT2D eigenvalue weighted by Gasteiger charge is 2.53. The first-order valence-electron chi connectivity index (χ1n) is 5.53. The Bertz CT molecular complexity index is 432. The third-order valence-corrected chi connectivity index (χ3v) is 2.70. The summed E-state index contributed by atoms with van der Waals surface area (Å²) in [7, 11) is 0. The molecule has 0 heterocycles. The van der Waals surface area contributed by atoms with E-state index in [0.717, 1.165) is 0 Å². The molecule has 1 aromatic rings. The number of benzene rings is 1. The number of carbonyl (C=O) groups is 1. The predicted molar refractivity (Wildman–Crippen MR) is 63.1 cm³/mol. The molecule has 0 aromatic heterocycles. The van der Waals surface area contributed by atoms with Crippen LogP contribution in [0.3, 0.4) is 0 Å². The van der Waals surface area contributed by atoms with Gasteiger partial charge in [0.2, 0.25) is 5.91 Å². The van der Waals surface area contributed by atoms with E-state index < -0.39 is 23.7 Å². The van der Waals surface area contributed by atoms with Crippen LogP contribution in [0.15, 0.2) is 30.3 Å². The van der Waals surface area contributed by atoms with E-state index in [0.29, 0.717) is 12.5 Å². The second kappa shape index (κ2) is 5.58. The highest BCUT2D eigenvalue weighted by atomic mass is 19.4. The number of halogens is 3. The van der Waals surface area contributed by atoms with Gasteiger partial charge >= 0.3 is 6.18 Å². The van der Waals surface area contributed by atoms with Crippen LogP contribution in [0, 0.1) is 0 Å². The summed E-state index contributed by atoms with van der Waals surface area (Å²) in [5.74, 6) is -1.38. The van der Waals surface area contributed by atoms with Gasteiger partial charge in [-0.15, -0.1) is 0 Å². The van der Waals surface area contributed by atoms with Gasteiger partial charge in [-0.2, -0.15) is 13.2 Å². The molecule has 0 saturated carbocycles. The molecule has 0 bridgehead atoms. The number of hydrogen-bond acceptors (Lipinski definition) is 3. The Balaban J connectivity index is 2.61. The van der Waals surface area contributed by atoms with Crippen LogP contribution in [0.4, 0.5) is 13.2 Å². The zero-order valence-electron chi connectivity index (χ0n) is 10.2. The van der Waals surface area contributed by atoms with Gasteiger partial charge in [-0.05, 0) is 12.5 Å². The summed E-state index contributed by atoms with van der Waals surface area (Å²) in [6.07, 6.45) is -5.94. The molecule has 4 N–H and O–H groups in total. The van der Waals surface area contributed by atoms with Gasteiger partial charge < -0.3 is 16.2 Å². The van der Waals surface area contributed by atoms with E-state index in [-0.39, 0.29) is 6.54 Å². The lowest BCUT2D eigenvalue weighted by Gasteiger charge is -2.26. The Morgan fingerprint density at radius 2 is 1.89 bits per heavy atom. The summed E-state index contributed by atoms with van der Waals surface area (Å²) in [5.41, 5.74) is 2.45. The number of alkyl halides is 3. The highest BCUT2D eigenvalue weighted by Crippen LogP contribution is 2.28. The fraction of sp³-hybridized carbons (Fsp3) is 0.417. The van der Waals surface area contributed by atoms with Crippen molar-refractivity contribution in [2.24, 2.45) is 5.73 Å². The standard InChI is InChI=1S/C12H15F3N2O2/c1-11(16,12(13,14)15)10(19)17-7-9(18)8-5-3-2-4-6-8/h2-6,9,18H,7,16H2,1H3,(H,17,19). The number of nitrogens with one attached hydrogen (secondary N) is 1. The minimum absolute atomic E-state index is 0.342. The summed E-state index contributed by atoms with van der Waals surface area (Å²) in [6.45, 7) is 0.239. The van der Waals surface area contributed by atoms with E-state index >= 15 is 0 Å². The minimum atomic E-state index is -4.85. The largest absolute Gasteiger partial charge is 0.415 e. The third-order valence-electron chi connectivity index (χ3n) is 2.70. The number of aliphatic hydroxyl groups excluding tert-OH is 1. The zero-order chi connectivity index (χ0) is 14.7. The second-order valence-corrected chi connectivity index (χ2v) is 4.34. The normalized spacial score (nSPS) is 16.5. The van der Waals surface area contributed by atoms with Crippen LogP contribution < -0.4 is 11.1 Å². The number of nitrogens with two attached hydrogens (primary N) is 1. The lowest BCUT2D eigenvalue weighted by molar-refractivity contribution is -0.187. The van der Waals surface area contributed by atoms with Gasteiger partial charge in [0, 0.05) is 6.54 Å². The van der Waals surface area contributed by atoms with E-state index in [1.807, 2.05) is 5.32 Å². The molecule has 4 nitrogen and oxygen atoms in total. The Morgan fingerprint density at radius 3 is 2.37 bits per heavy atom. The smallest absolute Gasteiger partial charge is 0.387 e. The van der Waals surface area contributed by atoms with Crippen molar-refractivity contribution in [3.05, 3.63) is 35.9 Å². The van der Waals surface area contributed by atoms with Crippen LogP contribution in [0.2, 0.25) is 0 Å². The van der Waals surface area contributed by atoms with Crippen LogP contribution in [0.5, 0.6) is 0 Å². The first-order valence-corrected chi connectivity index (χ1v) is 5.53. The monoisotopic (exact) mass is 276 g/mol. The van der Waals surface area contributed by atoms with Crippen LogP contribution in [0.25, 0.3) is 0 Å². The van der Waals surface area contributed by atoms with Gasteiger partial charge in [0.1, 0.15) is 0 Å². The zero-order valence-corrected chi connectivity index (χ0v) is 10.2. The third kappa shape index (κ3) is 3.68. The molecule has 0 radical (unpaired) electrons. The molecule has 0 aliphatic carbocycles. The molecule has 2 unspecified atom stereocenters. The van der Waals surface area contributed by atoms with Gasteiger partial charge in [0.05, 0.1) is 6.10 Å². The van der Waals surface area contributed by atoms with Crippen molar-refractivity contribution in [2.45, 2.75) is 24.7 Å². The fourth-order valence-corrected chi connectivity index (χ4v) is 1.29. The molecule has 0 aliphatic heterocycles. The lowest BCUT2D eigenvalue weighted by atomic mass is 10.0. The Hall–Kier alpha value is -1.60. The molecule has 7 heteroatoms. The summed E-state index contributed by atoms with van der Waals surface area (Å²) in [5, 5.41) is 11.7. The topological polar surface area (TPSA) is 75.4 Å². The molecule has 0 saturated heterocycles. The van der Waals surface area contributed by atoms with Crippen LogP contribution in [0.1, 0.15) is 18.6 Å². The van der Waals surface area contributed by atoms with Crippen LogP contribution in [-0.2, 0) is 4.79 Å². The molecule has 0 spiro atoms. The van der Waals surface area contributed by atoms with E-state index in [2.05, 4.69) is 0 Å². The predicted octanol–water partition coefficient (Wildman–Crippen LogP) is 1.12. The van der Waals surface area contributed by atoms with Crippen molar-refractivity contribution in [1.82, 2.24) is 5.32 Å². The van der Waals surface area contributed by atoms with Gasteiger partial charge in [0.25, 0.3) is 0 Å². The van der Waals surface area contributed by atoms with E-state index in [1.54, 1.807) is 30.3 Å². The van der Waals surface area contributed by atoms with Crippen molar-refractivity contribution in [3.8, 4) is 0 Å². The molecule has 19 heavy (non-hydrogen) atoms. The van der Waals surface area contributed by atoms with Crippen LogP contribution >= 0.6 is 0 Å². The maximum absolute atomic E-state index is 12.5. The Kier molecular flexibility index (Phi) is 4.54. The molecule has 1 amide bonds. The molecule has 1 aromatic carbocycles. The SMILES string of the molecule is CC(N)(C(=O)NCC(O)c1ccccc1)C(F)(F)F. The van der Waals surface area contributed by atoms with Gasteiger partial charge in [-0.3, -0.25) is 4.79 Å². The fourth-order valence-electron chi connectivity index (χ4n) is 1.29. The van der Waals surface area contributed by atoms with Crippen molar-refractivity contribution in [2.75, 3.05) is 6.54 Å². The van der Waals surface area contributed by atoms with Gasteiger partial charge in [-0.1, -0.05) is 30.3 Å². The van der Waals surface area contributed by atoms with Crippen LogP contribution in [-0.4, -0.2) is 29.3 Å². The number of aliphatic hydroxyl groups is 1. The minimum Gasteiger partial charge on any atom is -0.387 e. The number of rotatable bonds is 4. The van der Waals surface area contributed by atoms with E-state index in [4.69, 9.17) is 5.73 Å². The number of amides is 1. The molecular weight excluding hydrogens is 261 g/mol. The average molecular weight is 276 g/mol. The molecular formula is C12H15F3N2O2. The van der Waals surface area contributed by atoms with E-state index in [9.17, 15) is 23.1 Å². The summed E-state index contributed by atoms with van der Waals surface area (Å²) >= 11 is 0. The van der Waals surface area contributed by atoms with Crippen molar-refractivity contribution < 1.29 is 23.1 Å². The van der Waals surface area contributed by atoms with Crippen molar-refractivity contribution in [1.29, 1.82) is 0 Å². The lowest BCUT2D eigenvalue weighted by Crippen LogP contribution is -2.61. The van der Waals surface area contributed by atoms with Gasteiger partial charge in [-0.25, -0.2) is 0 Å². The average Bonchev–Trinajstić information content (AvgIpc) is 2.35. The second-order valence-electron chi connectivity index (χ2n) is 4.34. The summed E-state index contributed by atoms with van der Waals surface area (Å²) in [6, 6.07) is 8.27. The number of hydrogen-bond donors (Lipinski definition) is 3. The molecule has 2 atom stereocenters. The Morgan fingerprint density at radius 1 is 1.37 bits per heavy atom. The maximum atomic E-state index is 12.5. The summed E-state index contributed by atoms with van der Waals surface area (Å²) < 4.78 is 37.4. The first kappa shape index (κ1) is 15.5. The van der Waals surface area contributed by atoms with Gasteiger partial charge in [0.15, 0.2) is 5.54 Å². The molecule has 1 rings (SSSR count). The highest BCUT2D eigenvalue weighted by molar-refractivity contribution is 5.86. The Labute approximate surface area is 108 Å². The quantitative estimate of drug-likeness (QED) is 0.771. The van der Waals surface area contributed by atoms with Crippen molar-refractivity contribution >= 4 is 5.91 Å². The van der Waals surface area contributed by atoms with Crippen molar-refractivity contribution in [3.63, 3.8) is 0 Å². The number of carbonyl (C=O) groups excluding carboxylic acids is 1. The maximum Gasteiger partial charge on any atom is 0.415 e. The molecule has 106 valence electrons. The van der Waals surface area contributed by atoms with E-state index in [1.165, 1.54) is 0 Å². The molecule has 0 aliphatic rings.